The molecule has 0 aliphatic heterocycles. The molecule has 0 atom stereocenters. The van der Waals surface area contributed by atoms with E-state index < -0.39 is 11.8 Å². The Morgan fingerprint density at radius 3 is 2.56 bits per heavy atom. The quantitative estimate of drug-likeness (QED) is 0.489. The molecule has 0 radical (unpaired) electrons. The van der Waals surface area contributed by atoms with Crippen LogP contribution in [0.1, 0.15) is 15.9 Å². The zero-order valence-corrected chi connectivity index (χ0v) is 16.1. The number of benzene rings is 3. The van der Waals surface area contributed by atoms with Crippen molar-refractivity contribution in [1.82, 2.24) is 10.9 Å². The Bertz CT molecular complexity index is 1030. The van der Waals surface area contributed by atoms with Crippen LogP contribution in [0, 0.1) is 0 Å². The van der Waals surface area contributed by atoms with Crippen molar-refractivity contribution >= 4 is 44.6 Å². The number of halogens is 1. The minimum absolute atomic E-state index is 0.390. The number of ether oxygens (including phenoxy) is 1. The lowest BCUT2D eigenvalue weighted by molar-refractivity contribution is -0.117. The monoisotopic (exact) mass is 424 g/mol. The molecule has 0 bridgehead atoms. The number of hydrogen-bond donors (Lipinski definition) is 2. The van der Waals surface area contributed by atoms with E-state index in [-0.39, 0.29) is 0 Å². The van der Waals surface area contributed by atoms with Gasteiger partial charge in [0.1, 0.15) is 5.75 Å². The summed E-state index contributed by atoms with van der Waals surface area (Å²) in [6.07, 6.45) is 3.10. The minimum Gasteiger partial charge on any atom is -0.496 e. The Balaban J connectivity index is 1.63. The molecule has 2 N–H and O–H groups in total. The molecule has 3 aromatic rings. The number of nitrogens with one attached hydrogen (secondary N) is 2. The molecule has 0 heterocycles. The van der Waals surface area contributed by atoms with Crippen LogP contribution in [0.2, 0.25) is 0 Å². The minimum atomic E-state index is -0.427. The van der Waals surface area contributed by atoms with E-state index in [0.717, 1.165) is 16.3 Å². The van der Waals surface area contributed by atoms with Crippen LogP contribution in [-0.2, 0) is 4.79 Å². The lowest BCUT2D eigenvalue weighted by Crippen LogP contribution is -2.40. The van der Waals surface area contributed by atoms with Crippen LogP contribution in [0.4, 0.5) is 0 Å². The van der Waals surface area contributed by atoms with Crippen LogP contribution in [0.3, 0.4) is 0 Å². The molecule has 0 aliphatic carbocycles. The van der Waals surface area contributed by atoms with Crippen molar-refractivity contribution in [2.24, 2.45) is 0 Å². The van der Waals surface area contributed by atoms with Gasteiger partial charge in [-0.25, -0.2) is 0 Å². The summed E-state index contributed by atoms with van der Waals surface area (Å²) in [5, 5.41) is 2.15. The Labute approximate surface area is 165 Å². The maximum absolute atomic E-state index is 12.1. The molecule has 0 spiro atoms. The summed E-state index contributed by atoms with van der Waals surface area (Å²) in [5.41, 5.74) is 6.08. The summed E-state index contributed by atoms with van der Waals surface area (Å²) in [7, 11) is 1.54. The third-order valence-electron chi connectivity index (χ3n) is 3.95. The van der Waals surface area contributed by atoms with Gasteiger partial charge >= 0.3 is 0 Å². The van der Waals surface area contributed by atoms with Crippen molar-refractivity contribution in [3.63, 3.8) is 0 Å². The summed E-state index contributed by atoms with van der Waals surface area (Å²) in [5.74, 6) is -0.234. The fourth-order valence-corrected chi connectivity index (χ4v) is 3.14. The molecule has 0 aromatic heterocycles. The zero-order chi connectivity index (χ0) is 19.2. The summed E-state index contributed by atoms with van der Waals surface area (Å²) in [6, 6.07) is 18.7. The van der Waals surface area contributed by atoms with E-state index in [1.807, 2.05) is 42.5 Å². The van der Waals surface area contributed by atoms with Crippen molar-refractivity contribution in [3.05, 3.63) is 82.3 Å². The van der Waals surface area contributed by atoms with Gasteiger partial charge in [-0.15, -0.1) is 0 Å². The smallest absolute Gasteiger partial charge is 0.269 e. The molecule has 0 unspecified atom stereocenters. The van der Waals surface area contributed by atoms with Gasteiger partial charge in [0.05, 0.1) is 11.6 Å². The van der Waals surface area contributed by atoms with E-state index in [0.29, 0.717) is 15.8 Å². The Morgan fingerprint density at radius 1 is 1.00 bits per heavy atom. The van der Waals surface area contributed by atoms with Crippen LogP contribution in [0.15, 0.2) is 71.2 Å². The first-order valence-electron chi connectivity index (χ1n) is 8.18. The highest BCUT2D eigenvalue weighted by atomic mass is 79.9. The van der Waals surface area contributed by atoms with E-state index in [2.05, 4.69) is 26.8 Å². The predicted molar refractivity (Wildman–Crippen MR) is 109 cm³/mol. The van der Waals surface area contributed by atoms with Crippen LogP contribution in [0.25, 0.3) is 16.8 Å². The first-order valence-corrected chi connectivity index (χ1v) is 8.97. The number of carbonyl (C=O) groups is 2. The fourth-order valence-electron chi connectivity index (χ4n) is 2.60. The molecule has 5 nitrogen and oxygen atoms in total. The molecule has 27 heavy (non-hydrogen) atoms. The van der Waals surface area contributed by atoms with Gasteiger partial charge in [0, 0.05) is 11.6 Å². The summed E-state index contributed by atoms with van der Waals surface area (Å²) in [6.45, 7) is 0. The molecule has 2 amide bonds. The lowest BCUT2D eigenvalue weighted by Gasteiger charge is -2.08. The second-order valence-corrected chi connectivity index (χ2v) is 6.55. The molecule has 3 rings (SSSR count). The largest absolute Gasteiger partial charge is 0.496 e. The van der Waals surface area contributed by atoms with Gasteiger partial charge in [0.2, 0.25) is 0 Å². The Morgan fingerprint density at radius 2 is 1.78 bits per heavy atom. The van der Waals surface area contributed by atoms with Crippen molar-refractivity contribution < 1.29 is 14.3 Å². The maximum atomic E-state index is 12.1. The third-order valence-corrected chi connectivity index (χ3v) is 4.57. The van der Waals surface area contributed by atoms with Gasteiger partial charge in [-0.2, -0.15) is 0 Å². The number of hydrogen-bond acceptors (Lipinski definition) is 3. The number of methoxy groups -OCH3 is 1. The SMILES string of the molecule is COc1ccc(C(=O)NNC(=O)C=Cc2cccc3ccccc23)cc1Br. The number of rotatable bonds is 4. The van der Waals surface area contributed by atoms with Gasteiger partial charge < -0.3 is 4.74 Å². The van der Waals surface area contributed by atoms with Crippen molar-refractivity contribution in [3.8, 4) is 5.75 Å². The van der Waals surface area contributed by atoms with Crippen molar-refractivity contribution in [1.29, 1.82) is 0 Å². The standard InChI is InChI=1S/C21H17BrN2O3/c1-27-19-11-9-16(13-18(19)22)21(26)24-23-20(25)12-10-15-7-4-6-14-5-2-3-8-17(14)15/h2-13H,1H3,(H,23,25)(H,24,26). The lowest BCUT2D eigenvalue weighted by atomic mass is 10.0. The highest BCUT2D eigenvalue weighted by Crippen LogP contribution is 2.25. The highest BCUT2D eigenvalue weighted by molar-refractivity contribution is 9.10. The van der Waals surface area contributed by atoms with Crippen molar-refractivity contribution in [2.75, 3.05) is 7.11 Å². The average Bonchev–Trinajstić information content (AvgIpc) is 2.70. The summed E-state index contributed by atoms with van der Waals surface area (Å²) in [4.78, 5) is 24.2. The second-order valence-electron chi connectivity index (χ2n) is 5.69. The van der Waals surface area contributed by atoms with E-state index in [1.165, 1.54) is 6.08 Å². The van der Waals surface area contributed by atoms with Gasteiger partial charge in [-0.1, -0.05) is 42.5 Å². The normalized spacial score (nSPS) is 10.7. The highest BCUT2D eigenvalue weighted by Gasteiger charge is 2.09. The second kappa shape index (κ2) is 8.51. The molecule has 6 heteroatoms. The number of fused-ring (bicyclic) bond motifs is 1. The summed E-state index contributed by atoms with van der Waals surface area (Å²) < 4.78 is 5.78. The van der Waals surface area contributed by atoms with Gasteiger partial charge in [0.25, 0.3) is 11.8 Å². The first kappa shape index (κ1) is 18.7. The van der Waals surface area contributed by atoms with Gasteiger partial charge in [-0.3, -0.25) is 20.4 Å². The molecular formula is C21H17BrN2O3. The first-order chi connectivity index (χ1) is 13.1. The van der Waals surface area contributed by atoms with Crippen molar-refractivity contribution in [2.45, 2.75) is 0 Å². The number of carbonyl (C=O) groups excluding carboxylic acids is 2. The molecule has 3 aromatic carbocycles. The van der Waals surface area contributed by atoms with Crippen LogP contribution in [0.5, 0.6) is 5.75 Å². The van der Waals surface area contributed by atoms with E-state index in [9.17, 15) is 9.59 Å². The molecule has 0 saturated heterocycles. The summed E-state index contributed by atoms with van der Waals surface area (Å²) >= 11 is 3.32. The number of amides is 2. The topological polar surface area (TPSA) is 67.4 Å². The van der Waals surface area contributed by atoms with E-state index in [4.69, 9.17) is 4.74 Å². The van der Waals surface area contributed by atoms with Gasteiger partial charge in [-0.05, 0) is 56.5 Å². The molecular weight excluding hydrogens is 408 g/mol. The zero-order valence-electron chi connectivity index (χ0n) is 14.5. The van der Waals surface area contributed by atoms with Crippen LogP contribution < -0.4 is 15.6 Å². The Hall–Kier alpha value is -3.12. The third kappa shape index (κ3) is 4.54. The predicted octanol–water partition coefficient (Wildman–Crippen LogP) is 4.09. The Kier molecular flexibility index (Phi) is 5.88. The molecule has 0 fully saturated rings. The van der Waals surface area contributed by atoms with Crippen LogP contribution in [-0.4, -0.2) is 18.9 Å². The average molecular weight is 425 g/mol. The van der Waals surface area contributed by atoms with Crippen LogP contribution >= 0.6 is 15.9 Å². The number of hydrazine groups is 1. The van der Waals surface area contributed by atoms with E-state index >= 15 is 0 Å². The molecule has 0 saturated carbocycles. The fraction of sp³-hybridized carbons (Fsp3) is 0.0476. The van der Waals surface area contributed by atoms with E-state index in [1.54, 1.807) is 31.4 Å². The molecule has 136 valence electrons. The van der Waals surface area contributed by atoms with Gasteiger partial charge in [0.15, 0.2) is 0 Å². The molecule has 0 aliphatic rings. The maximum Gasteiger partial charge on any atom is 0.269 e.